The van der Waals surface area contributed by atoms with E-state index in [-0.39, 0.29) is 17.4 Å². The third-order valence-corrected chi connectivity index (χ3v) is 2.74. The van der Waals surface area contributed by atoms with Crippen LogP contribution in [0.15, 0.2) is 0 Å². The summed E-state index contributed by atoms with van der Waals surface area (Å²) in [6.07, 6.45) is 2.30. The van der Waals surface area contributed by atoms with Crippen LogP contribution in [0.1, 0.15) is 33.6 Å². The van der Waals surface area contributed by atoms with Gasteiger partial charge in [-0.1, -0.05) is 13.8 Å². The van der Waals surface area contributed by atoms with Crippen LogP contribution in [0, 0.1) is 5.41 Å². The van der Waals surface area contributed by atoms with Crippen molar-refractivity contribution >= 4 is 5.91 Å². The molecule has 1 fully saturated rings. The van der Waals surface area contributed by atoms with Crippen LogP contribution in [0.25, 0.3) is 0 Å². The maximum absolute atomic E-state index is 11.6. The Kier molecular flexibility index (Phi) is 3.31. The van der Waals surface area contributed by atoms with E-state index in [9.17, 15) is 4.79 Å². The molecule has 0 bridgehead atoms. The van der Waals surface area contributed by atoms with Crippen molar-refractivity contribution in [1.82, 2.24) is 10.6 Å². The lowest BCUT2D eigenvalue weighted by Crippen LogP contribution is -2.55. The lowest BCUT2D eigenvalue weighted by Gasteiger charge is -2.38. The summed E-state index contributed by atoms with van der Waals surface area (Å²) in [6.45, 7) is 7.93. The second-order valence-corrected chi connectivity index (χ2v) is 4.37. The highest BCUT2D eigenvalue weighted by molar-refractivity contribution is 5.82. The normalized spacial score (nSPS) is 26.8. The molecule has 0 aromatic carbocycles. The molecule has 3 heteroatoms. The number of rotatable bonds is 2. The first kappa shape index (κ1) is 10.5. The van der Waals surface area contributed by atoms with Crippen molar-refractivity contribution < 1.29 is 4.79 Å². The maximum Gasteiger partial charge on any atom is 0.237 e. The molecule has 3 nitrogen and oxygen atoms in total. The van der Waals surface area contributed by atoms with Gasteiger partial charge in [-0.3, -0.25) is 4.79 Å². The van der Waals surface area contributed by atoms with E-state index in [1.807, 2.05) is 6.92 Å². The standard InChI is InChI=1S/C10H20N2O/c1-4-11-9(13)8-10(2,3)6-5-7-12-8/h8,12H,4-7H2,1-3H3,(H,11,13). The molecule has 0 saturated carbocycles. The van der Waals surface area contributed by atoms with E-state index in [2.05, 4.69) is 24.5 Å². The van der Waals surface area contributed by atoms with Gasteiger partial charge in [0, 0.05) is 6.54 Å². The molecule has 1 saturated heterocycles. The Balaban J connectivity index is 2.59. The third kappa shape index (κ3) is 2.44. The Morgan fingerprint density at radius 2 is 2.31 bits per heavy atom. The smallest absolute Gasteiger partial charge is 0.237 e. The number of piperidine rings is 1. The SMILES string of the molecule is CCNC(=O)C1NCCCC1(C)C. The summed E-state index contributed by atoms with van der Waals surface area (Å²) in [5.41, 5.74) is 0.0947. The summed E-state index contributed by atoms with van der Waals surface area (Å²) in [5, 5.41) is 6.15. The maximum atomic E-state index is 11.6. The van der Waals surface area contributed by atoms with Gasteiger partial charge in [-0.05, 0) is 31.7 Å². The van der Waals surface area contributed by atoms with Gasteiger partial charge in [0.1, 0.15) is 0 Å². The summed E-state index contributed by atoms with van der Waals surface area (Å²) in [4.78, 5) is 11.6. The minimum atomic E-state index is -0.0128. The molecule has 1 rings (SSSR count). The van der Waals surface area contributed by atoms with Gasteiger partial charge in [0.05, 0.1) is 6.04 Å². The van der Waals surface area contributed by atoms with Crippen LogP contribution >= 0.6 is 0 Å². The fourth-order valence-corrected chi connectivity index (χ4v) is 1.93. The molecule has 0 aromatic rings. The number of likely N-dealkylation sites (N-methyl/N-ethyl adjacent to an activating group) is 1. The monoisotopic (exact) mass is 184 g/mol. The molecule has 13 heavy (non-hydrogen) atoms. The molecule has 1 amide bonds. The van der Waals surface area contributed by atoms with Crippen molar-refractivity contribution in [3.05, 3.63) is 0 Å². The molecule has 1 atom stereocenters. The highest BCUT2D eigenvalue weighted by Crippen LogP contribution is 2.29. The van der Waals surface area contributed by atoms with Crippen LogP contribution in [0.2, 0.25) is 0 Å². The van der Waals surface area contributed by atoms with E-state index in [1.54, 1.807) is 0 Å². The molecular weight excluding hydrogens is 164 g/mol. The van der Waals surface area contributed by atoms with Gasteiger partial charge >= 0.3 is 0 Å². The van der Waals surface area contributed by atoms with E-state index < -0.39 is 0 Å². The summed E-state index contributed by atoms with van der Waals surface area (Å²) >= 11 is 0. The van der Waals surface area contributed by atoms with Gasteiger partial charge in [-0.2, -0.15) is 0 Å². The number of nitrogens with one attached hydrogen (secondary N) is 2. The lowest BCUT2D eigenvalue weighted by atomic mass is 9.77. The Hall–Kier alpha value is -0.570. The zero-order valence-corrected chi connectivity index (χ0v) is 8.81. The molecule has 2 N–H and O–H groups in total. The van der Waals surface area contributed by atoms with Crippen molar-refractivity contribution in [3.63, 3.8) is 0 Å². The summed E-state index contributed by atoms with van der Waals surface area (Å²) < 4.78 is 0. The number of carbonyl (C=O) groups is 1. The van der Waals surface area contributed by atoms with E-state index in [0.29, 0.717) is 6.54 Å². The zero-order valence-electron chi connectivity index (χ0n) is 8.81. The lowest BCUT2D eigenvalue weighted by molar-refractivity contribution is -0.126. The molecular formula is C10H20N2O. The molecule has 76 valence electrons. The Morgan fingerprint density at radius 1 is 1.62 bits per heavy atom. The molecule has 1 heterocycles. The first-order valence-corrected chi connectivity index (χ1v) is 5.09. The van der Waals surface area contributed by atoms with Crippen molar-refractivity contribution in [1.29, 1.82) is 0 Å². The molecule has 0 aliphatic carbocycles. The quantitative estimate of drug-likeness (QED) is 0.669. The first-order valence-electron chi connectivity index (χ1n) is 5.09. The molecule has 1 aliphatic heterocycles. The third-order valence-electron chi connectivity index (χ3n) is 2.74. The highest BCUT2D eigenvalue weighted by Gasteiger charge is 2.36. The molecule has 1 aliphatic rings. The van der Waals surface area contributed by atoms with E-state index in [4.69, 9.17) is 0 Å². The van der Waals surface area contributed by atoms with Crippen LogP contribution in [-0.2, 0) is 4.79 Å². The predicted octanol–water partition coefficient (Wildman–Crippen LogP) is 0.901. The summed E-state index contributed by atoms with van der Waals surface area (Å²) in [5.74, 6) is 0.146. The fraction of sp³-hybridized carbons (Fsp3) is 0.900. The van der Waals surface area contributed by atoms with Crippen LogP contribution in [0.4, 0.5) is 0 Å². The second kappa shape index (κ2) is 4.09. The van der Waals surface area contributed by atoms with Crippen molar-refractivity contribution in [2.24, 2.45) is 5.41 Å². The van der Waals surface area contributed by atoms with E-state index in [0.717, 1.165) is 13.0 Å². The van der Waals surface area contributed by atoms with E-state index in [1.165, 1.54) is 6.42 Å². The van der Waals surface area contributed by atoms with Gasteiger partial charge in [-0.15, -0.1) is 0 Å². The number of hydrogen-bond acceptors (Lipinski definition) is 2. The second-order valence-electron chi connectivity index (χ2n) is 4.37. The largest absolute Gasteiger partial charge is 0.355 e. The molecule has 0 radical (unpaired) electrons. The molecule has 1 unspecified atom stereocenters. The fourth-order valence-electron chi connectivity index (χ4n) is 1.93. The van der Waals surface area contributed by atoms with Gasteiger partial charge in [0.25, 0.3) is 0 Å². The Labute approximate surface area is 80.3 Å². The number of hydrogen-bond donors (Lipinski definition) is 2. The van der Waals surface area contributed by atoms with Gasteiger partial charge in [0.2, 0.25) is 5.91 Å². The minimum absolute atomic E-state index is 0.0128. The van der Waals surface area contributed by atoms with Crippen molar-refractivity contribution in [2.75, 3.05) is 13.1 Å². The van der Waals surface area contributed by atoms with Gasteiger partial charge in [0.15, 0.2) is 0 Å². The zero-order chi connectivity index (χ0) is 9.90. The highest BCUT2D eigenvalue weighted by atomic mass is 16.2. The van der Waals surface area contributed by atoms with Gasteiger partial charge < -0.3 is 10.6 Å². The van der Waals surface area contributed by atoms with Crippen molar-refractivity contribution in [2.45, 2.75) is 39.7 Å². The summed E-state index contributed by atoms with van der Waals surface area (Å²) in [6, 6.07) is -0.0128. The van der Waals surface area contributed by atoms with Crippen LogP contribution in [0.3, 0.4) is 0 Å². The molecule has 0 spiro atoms. The van der Waals surface area contributed by atoms with Crippen LogP contribution in [0.5, 0.6) is 0 Å². The molecule has 0 aromatic heterocycles. The number of carbonyl (C=O) groups excluding carboxylic acids is 1. The first-order chi connectivity index (χ1) is 6.08. The van der Waals surface area contributed by atoms with Crippen LogP contribution in [-0.4, -0.2) is 25.0 Å². The van der Waals surface area contributed by atoms with Gasteiger partial charge in [-0.25, -0.2) is 0 Å². The van der Waals surface area contributed by atoms with E-state index >= 15 is 0 Å². The average molecular weight is 184 g/mol. The predicted molar refractivity (Wildman–Crippen MR) is 53.5 cm³/mol. The van der Waals surface area contributed by atoms with Crippen molar-refractivity contribution in [3.8, 4) is 0 Å². The summed E-state index contributed by atoms with van der Waals surface area (Å²) in [7, 11) is 0. The average Bonchev–Trinajstić information content (AvgIpc) is 2.03. The topological polar surface area (TPSA) is 41.1 Å². The minimum Gasteiger partial charge on any atom is -0.355 e. The van der Waals surface area contributed by atoms with Crippen LogP contribution < -0.4 is 10.6 Å². The Bertz CT molecular complexity index is 189. The Morgan fingerprint density at radius 3 is 2.85 bits per heavy atom. The number of amides is 1.